The van der Waals surface area contributed by atoms with Crippen molar-refractivity contribution >= 4 is 34.5 Å². The first-order chi connectivity index (χ1) is 22.5. The number of anilines is 2. The average Bonchev–Trinajstić information content (AvgIpc) is 3.51. The maximum absolute atomic E-state index is 12.9. The zero-order valence-electron chi connectivity index (χ0n) is 27.6. The number of hydrogen-bond acceptors (Lipinski definition) is 9. The summed E-state index contributed by atoms with van der Waals surface area (Å²) in [5.74, 6) is 0.724. The minimum atomic E-state index is -1.02. The molecule has 2 atom stereocenters. The van der Waals surface area contributed by atoms with E-state index in [9.17, 15) is 20.0 Å². The van der Waals surface area contributed by atoms with Crippen LogP contribution in [0.4, 0.5) is 21.1 Å². The number of nitriles is 1. The topological polar surface area (TPSA) is 135 Å². The van der Waals surface area contributed by atoms with Gasteiger partial charge in [0.05, 0.1) is 36.8 Å². The number of fused-ring (bicyclic) bond motifs is 2. The van der Waals surface area contributed by atoms with E-state index < -0.39 is 17.7 Å². The van der Waals surface area contributed by atoms with Crippen molar-refractivity contribution in [2.45, 2.75) is 77.6 Å². The smallest absolute Gasteiger partial charge is 0.410 e. The van der Waals surface area contributed by atoms with Gasteiger partial charge < -0.3 is 34.2 Å². The maximum Gasteiger partial charge on any atom is 0.410 e. The Hall–Kier alpha value is -4.79. The van der Waals surface area contributed by atoms with Crippen LogP contribution in [-0.2, 0) is 17.7 Å². The Bertz CT molecular complexity index is 1690. The molecule has 0 aliphatic carbocycles. The highest BCUT2D eigenvalue weighted by Crippen LogP contribution is 2.36. The number of nitrogens with zero attached hydrogens (tertiary/aromatic N) is 7. The van der Waals surface area contributed by atoms with Crippen LogP contribution >= 0.6 is 0 Å². The Morgan fingerprint density at radius 3 is 2.55 bits per heavy atom. The zero-order valence-corrected chi connectivity index (χ0v) is 27.6. The Kier molecular flexibility index (Phi) is 8.99. The molecule has 0 bridgehead atoms. The molecular weight excluding hydrogens is 598 g/mol. The number of benzene rings is 2. The van der Waals surface area contributed by atoms with Crippen LogP contribution in [0.5, 0.6) is 6.01 Å². The largest absolute Gasteiger partial charge is 0.465 e. The summed E-state index contributed by atoms with van der Waals surface area (Å²) < 4.78 is 11.9. The summed E-state index contributed by atoms with van der Waals surface area (Å²) in [6.07, 6.45) is 1.07. The number of carbonyl (C=O) groups is 2. The van der Waals surface area contributed by atoms with E-state index in [4.69, 9.17) is 19.4 Å². The first kappa shape index (κ1) is 32.2. The number of piperazine rings is 1. The number of carbonyl (C=O) groups excluding carboxylic acids is 1. The normalized spacial score (nSPS) is 19.8. The second-order valence-corrected chi connectivity index (χ2v) is 13.6. The molecule has 3 aliphatic heterocycles. The van der Waals surface area contributed by atoms with Gasteiger partial charge in [-0.15, -0.1) is 0 Å². The van der Waals surface area contributed by atoms with Gasteiger partial charge in [0.1, 0.15) is 18.0 Å². The second-order valence-electron chi connectivity index (χ2n) is 13.6. The maximum atomic E-state index is 12.9. The van der Waals surface area contributed by atoms with Crippen LogP contribution in [-0.4, -0.2) is 94.1 Å². The minimum Gasteiger partial charge on any atom is -0.465 e. The van der Waals surface area contributed by atoms with Gasteiger partial charge in [0.15, 0.2) is 0 Å². The summed E-state index contributed by atoms with van der Waals surface area (Å²) in [5, 5.41) is 21.6. The molecule has 0 radical (unpaired) electrons. The van der Waals surface area contributed by atoms with Gasteiger partial charge in [0, 0.05) is 49.4 Å². The highest BCUT2D eigenvalue weighted by molar-refractivity contribution is 5.97. The van der Waals surface area contributed by atoms with Crippen molar-refractivity contribution < 1.29 is 24.2 Å². The van der Waals surface area contributed by atoms with Crippen LogP contribution in [0, 0.1) is 18.3 Å². The molecule has 12 heteroatoms. The van der Waals surface area contributed by atoms with Gasteiger partial charge in [-0.25, -0.2) is 9.59 Å². The van der Waals surface area contributed by atoms with Crippen molar-refractivity contribution in [3.63, 3.8) is 0 Å². The number of amides is 2. The lowest BCUT2D eigenvalue weighted by Gasteiger charge is -2.41. The van der Waals surface area contributed by atoms with E-state index in [1.165, 1.54) is 21.2 Å². The zero-order chi connectivity index (χ0) is 33.3. The highest BCUT2D eigenvalue weighted by atomic mass is 16.6. The van der Waals surface area contributed by atoms with E-state index in [2.05, 4.69) is 59.2 Å². The molecule has 1 aromatic heterocycles. The molecule has 2 aromatic carbocycles. The van der Waals surface area contributed by atoms with Crippen LogP contribution < -0.4 is 14.5 Å². The molecule has 47 heavy (non-hydrogen) atoms. The molecule has 0 spiro atoms. The van der Waals surface area contributed by atoms with Crippen molar-refractivity contribution in [3.8, 4) is 12.1 Å². The lowest BCUT2D eigenvalue weighted by molar-refractivity contribution is 0.0183. The molecule has 0 saturated carbocycles. The number of ether oxygens (including phenoxy) is 2. The van der Waals surface area contributed by atoms with E-state index in [1.807, 2.05) is 20.8 Å². The molecule has 2 amide bonds. The fourth-order valence-electron chi connectivity index (χ4n) is 7.01. The average molecular weight is 642 g/mol. The SMILES string of the molecule is Cc1cccc2cccc(N3CCc4c(nc(OC[C@@H]5CCCN5C(=O)OC(C)(C)C)nc4N4CCN(C(=O)O)C(CC#N)C4)C3)c12. The number of aromatic nitrogens is 2. The van der Waals surface area contributed by atoms with Crippen molar-refractivity contribution in [3.05, 3.63) is 53.2 Å². The number of hydrogen-bond donors (Lipinski definition) is 1. The molecule has 1 unspecified atom stereocenters. The Morgan fingerprint density at radius 2 is 1.81 bits per heavy atom. The molecule has 1 N–H and O–H groups in total. The highest BCUT2D eigenvalue weighted by Gasteiger charge is 2.35. The van der Waals surface area contributed by atoms with E-state index in [0.717, 1.165) is 42.1 Å². The summed E-state index contributed by atoms with van der Waals surface area (Å²) in [4.78, 5) is 42.2. The molecule has 2 saturated heterocycles. The van der Waals surface area contributed by atoms with E-state index in [0.29, 0.717) is 32.6 Å². The molecule has 2 fully saturated rings. The molecule has 6 rings (SSSR count). The molecule has 12 nitrogen and oxygen atoms in total. The van der Waals surface area contributed by atoms with Crippen LogP contribution in [0.1, 0.15) is 56.9 Å². The summed E-state index contributed by atoms with van der Waals surface area (Å²) in [6, 6.07) is 14.5. The fourth-order valence-corrected chi connectivity index (χ4v) is 7.01. The first-order valence-electron chi connectivity index (χ1n) is 16.4. The van der Waals surface area contributed by atoms with Gasteiger partial charge in [0.25, 0.3) is 0 Å². The summed E-state index contributed by atoms with van der Waals surface area (Å²) in [7, 11) is 0. The van der Waals surface area contributed by atoms with Crippen molar-refractivity contribution in [1.29, 1.82) is 5.26 Å². The molecule has 3 aliphatic rings. The molecular formula is C35H43N7O5. The molecule has 3 aromatic rings. The van der Waals surface area contributed by atoms with Crippen LogP contribution in [0.25, 0.3) is 10.8 Å². The lowest BCUT2D eigenvalue weighted by Crippen LogP contribution is -2.55. The van der Waals surface area contributed by atoms with Crippen LogP contribution in [0.3, 0.4) is 0 Å². The van der Waals surface area contributed by atoms with Gasteiger partial charge in [-0.2, -0.15) is 15.2 Å². The van der Waals surface area contributed by atoms with Gasteiger partial charge in [-0.3, -0.25) is 0 Å². The monoisotopic (exact) mass is 641 g/mol. The minimum absolute atomic E-state index is 0.0931. The number of rotatable bonds is 6. The summed E-state index contributed by atoms with van der Waals surface area (Å²) in [6.45, 7) is 10.9. The molecule has 4 heterocycles. The predicted molar refractivity (Wildman–Crippen MR) is 178 cm³/mol. The molecule has 248 valence electrons. The summed E-state index contributed by atoms with van der Waals surface area (Å²) >= 11 is 0. The van der Waals surface area contributed by atoms with E-state index >= 15 is 0 Å². The Balaban J connectivity index is 1.31. The van der Waals surface area contributed by atoms with Gasteiger partial charge in [0.2, 0.25) is 0 Å². The van der Waals surface area contributed by atoms with Crippen molar-refractivity contribution in [2.75, 3.05) is 49.1 Å². The van der Waals surface area contributed by atoms with Crippen molar-refractivity contribution in [2.24, 2.45) is 0 Å². The van der Waals surface area contributed by atoms with E-state index in [-0.39, 0.29) is 37.7 Å². The summed E-state index contributed by atoms with van der Waals surface area (Å²) in [5.41, 5.74) is 3.64. The second kappa shape index (κ2) is 13.1. The number of aryl methyl sites for hydroxylation is 1. The Morgan fingerprint density at radius 1 is 1.02 bits per heavy atom. The third-order valence-corrected chi connectivity index (χ3v) is 9.22. The lowest BCUT2D eigenvalue weighted by atomic mass is 9.99. The van der Waals surface area contributed by atoms with Crippen LogP contribution in [0.2, 0.25) is 0 Å². The van der Waals surface area contributed by atoms with Gasteiger partial charge >= 0.3 is 18.2 Å². The quantitative estimate of drug-likeness (QED) is 0.375. The standard InChI is InChI=1S/C35H43N7O5/c1-23-8-5-9-24-10-6-12-29(30(23)24)39-17-14-27-28(21-39)37-32(46-22-26-11-7-16-42(26)34(45)47-35(2,3)4)38-31(27)40-18-19-41(33(43)44)25(20-40)13-15-36/h5-6,8-10,12,25-26H,7,11,13-14,16-22H2,1-4H3,(H,43,44)/t25?,26-/m0/s1. The van der Waals surface area contributed by atoms with Crippen molar-refractivity contribution in [1.82, 2.24) is 19.8 Å². The van der Waals surface area contributed by atoms with E-state index in [1.54, 1.807) is 4.90 Å². The third kappa shape index (κ3) is 6.84. The first-order valence-corrected chi connectivity index (χ1v) is 16.4. The third-order valence-electron chi connectivity index (χ3n) is 9.22. The fraction of sp³-hybridized carbons (Fsp3) is 0.514. The van der Waals surface area contributed by atoms with Gasteiger partial charge in [-0.05, 0) is 64.0 Å². The van der Waals surface area contributed by atoms with Crippen LogP contribution in [0.15, 0.2) is 36.4 Å². The van der Waals surface area contributed by atoms with Gasteiger partial charge in [-0.1, -0.05) is 30.3 Å². The predicted octanol–water partition coefficient (Wildman–Crippen LogP) is 5.36. The number of carboxylic acid groups (broad SMARTS) is 1. The number of likely N-dealkylation sites (tertiary alicyclic amines) is 1. The Labute approximate surface area is 275 Å².